The van der Waals surface area contributed by atoms with Crippen LogP contribution in [-0.2, 0) is 8.85 Å². The van der Waals surface area contributed by atoms with Crippen molar-refractivity contribution in [3.05, 3.63) is 121 Å². The van der Waals surface area contributed by atoms with Gasteiger partial charge in [-0.3, -0.25) is 0 Å². The zero-order chi connectivity index (χ0) is 36.2. The molecule has 0 saturated heterocycles. The van der Waals surface area contributed by atoms with Crippen molar-refractivity contribution in [2.24, 2.45) is 11.5 Å². The average Bonchev–Trinajstić information content (AvgIpc) is 3.59. The fourth-order valence-corrected chi connectivity index (χ4v) is 17.5. The monoisotopic (exact) mass is 710 g/mol. The van der Waals surface area contributed by atoms with Gasteiger partial charge in [-0.1, -0.05) is 163 Å². The van der Waals surface area contributed by atoms with Crippen molar-refractivity contribution < 1.29 is 19.1 Å². The number of rotatable bonds is 8. The van der Waals surface area contributed by atoms with Crippen molar-refractivity contribution in [3.8, 4) is 0 Å². The molecule has 6 nitrogen and oxygen atoms in total. The quantitative estimate of drug-likeness (QED) is 0.195. The molecule has 0 amide bonds. The van der Waals surface area contributed by atoms with E-state index in [4.69, 9.17) is 20.3 Å². The largest absolute Gasteiger partial charge is 0.404 e. The minimum atomic E-state index is -2.60. The zero-order valence-corrected chi connectivity index (χ0v) is 32.7. The predicted molar refractivity (Wildman–Crippen MR) is 211 cm³/mol. The van der Waals surface area contributed by atoms with Crippen LogP contribution < -0.4 is 32.2 Å². The van der Waals surface area contributed by atoms with Crippen LogP contribution in [0.15, 0.2) is 121 Å². The Labute approximate surface area is 302 Å². The summed E-state index contributed by atoms with van der Waals surface area (Å²) in [6.07, 6.45) is 1.27. The van der Waals surface area contributed by atoms with Crippen molar-refractivity contribution in [1.29, 1.82) is 0 Å². The molecule has 4 unspecified atom stereocenters. The molecule has 0 aliphatic heterocycles. The molecule has 2 aliphatic rings. The summed E-state index contributed by atoms with van der Waals surface area (Å²) in [4.78, 5) is 0. The van der Waals surface area contributed by atoms with Crippen LogP contribution in [0.25, 0.3) is 0 Å². The molecule has 4 aromatic rings. The summed E-state index contributed by atoms with van der Waals surface area (Å²) in [6, 6.07) is 42.5. The first-order valence-corrected chi connectivity index (χ1v) is 22.0. The van der Waals surface area contributed by atoms with Gasteiger partial charge in [0, 0.05) is 31.0 Å². The SMILES string of the molecule is CC(C)(C)[Si](OC1CC(N)C(N)C1)(c1ccccc1)c1ccccc1.CC(C)(C)[Si](OC1CC(O)C(O)C1)(c1ccccc1)c1ccccc1. The van der Waals surface area contributed by atoms with Crippen molar-refractivity contribution in [3.63, 3.8) is 0 Å². The Morgan fingerprint density at radius 1 is 0.460 bits per heavy atom. The van der Waals surface area contributed by atoms with Crippen LogP contribution in [-0.4, -0.2) is 63.3 Å². The maximum atomic E-state index is 9.99. The second kappa shape index (κ2) is 15.8. The molecule has 6 N–H and O–H groups in total. The highest BCUT2D eigenvalue weighted by Gasteiger charge is 2.54. The molecule has 0 heterocycles. The van der Waals surface area contributed by atoms with Gasteiger partial charge >= 0.3 is 0 Å². The van der Waals surface area contributed by atoms with Crippen LogP contribution in [0.4, 0.5) is 0 Å². The lowest BCUT2D eigenvalue weighted by Gasteiger charge is -2.44. The van der Waals surface area contributed by atoms with E-state index in [1.54, 1.807) is 0 Å². The molecule has 0 bridgehead atoms. The summed E-state index contributed by atoms with van der Waals surface area (Å²) in [5, 5.41) is 25.0. The minimum Gasteiger partial charge on any atom is -0.404 e. The summed E-state index contributed by atoms with van der Waals surface area (Å²) in [6.45, 7) is 13.6. The van der Waals surface area contributed by atoms with Gasteiger partial charge in [0.15, 0.2) is 0 Å². The molecule has 2 saturated carbocycles. The van der Waals surface area contributed by atoms with E-state index < -0.39 is 28.8 Å². The van der Waals surface area contributed by atoms with Crippen molar-refractivity contribution in [1.82, 2.24) is 0 Å². The Bertz CT molecular complexity index is 1390. The topological polar surface area (TPSA) is 111 Å². The lowest BCUT2D eigenvalue weighted by Crippen LogP contribution is -2.67. The van der Waals surface area contributed by atoms with Gasteiger partial charge in [0.1, 0.15) is 0 Å². The number of hydrogen-bond donors (Lipinski definition) is 4. The highest BCUT2D eigenvalue weighted by molar-refractivity contribution is 7.00. The molecule has 6 rings (SSSR count). The first kappa shape index (κ1) is 38.3. The molecule has 0 aromatic heterocycles. The minimum absolute atomic E-state index is 0.00745. The summed E-state index contributed by atoms with van der Waals surface area (Å²) in [5.74, 6) is 0. The Balaban J connectivity index is 0.000000194. The second-order valence-electron chi connectivity index (χ2n) is 16.2. The third-order valence-electron chi connectivity index (χ3n) is 10.6. The van der Waals surface area contributed by atoms with Crippen LogP contribution in [0.2, 0.25) is 10.1 Å². The number of aliphatic hydroxyl groups excluding tert-OH is 2. The lowest BCUT2D eigenvalue weighted by molar-refractivity contribution is 0.0438. The van der Waals surface area contributed by atoms with E-state index in [2.05, 4.69) is 151 Å². The number of hydrogen-bond acceptors (Lipinski definition) is 6. The van der Waals surface area contributed by atoms with Crippen LogP contribution in [0.3, 0.4) is 0 Å². The van der Waals surface area contributed by atoms with Crippen molar-refractivity contribution in [2.45, 2.75) is 114 Å². The molecule has 8 heteroatoms. The smallest absolute Gasteiger partial charge is 0.261 e. The Morgan fingerprint density at radius 2 is 0.700 bits per heavy atom. The second-order valence-corrected chi connectivity index (χ2v) is 24.7. The fraction of sp³-hybridized carbons (Fsp3) is 0.429. The van der Waals surface area contributed by atoms with Crippen LogP contribution in [0.1, 0.15) is 67.2 Å². The molecular weight excluding hydrogens is 653 g/mol. The van der Waals surface area contributed by atoms with Gasteiger partial charge in [0.2, 0.25) is 0 Å². The number of benzene rings is 4. The zero-order valence-electron chi connectivity index (χ0n) is 30.7. The van der Waals surface area contributed by atoms with Gasteiger partial charge in [0.25, 0.3) is 16.6 Å². The van der Waals surface area contributed by atoms with Gasteiger partial charge in [-0.25, -0.2) is 0 Å². The summed E-state index contributed by atoms with van der Waals surface area (Å²) in [5.41, 5.74) is 12.4. The third-order valence-corrected chi connectivity index (χ3v) is 20.8. The molecule has 4 atom stereocenters. The summed E-state index contributed by atoms with van der Waals surface area (Å²) >= 11 is 0. The molecule has 268 valence electrons. The van der Waals surface area contributed by atoms with E-state index in [1.807, 2.05) is 12.1 Å². The van der Waals surface area contributed by atoms with Gasteiger partial charge in [-0.2, -0.15) is 0 Å². The fourth-order valence-electron chi connectivity index (χ4n) is 8.08. The summed E-state index contributed by atoms with van der Waals surface area (Å²) < 4.78 is 14.0. The highest BCUT2D eigenvalue weighted by atomic mass is 28.4. The van der Waals surface area contributed by atoms with Gasteiger partial charge < -0.3 is 30.5 Å². The van der Waals surface area contributed by atoms with E-state index in [1.165, 1.54) is 20.7 Å². The van der Waals surface area contributed by atoms with Crippen LogP contribution in [0.5, 0.6) is 0 Å². The Morgan fingerprint density at radius 3 is 0.940 bits per heavy atom. The van der Waals surface area contributed by atoms with Crippen LogP contribution in [0, 0.1) is 0 Å². The molecule has 2 aliphatic carbocycles. The third kappa shape index (κ3) is 7.93. The first-order chi connectivity index (χ1) is 23.7. The lowest BCUT2D eigenvalue weighted by atomic mass is 10.2. The van der Waals surface area contributed by atoms with E-state index >= 15 is 0 Å². The molecule has 50 heavy (non-hydrogen) atoms. The van der Waals surface area contributed by atoms with Gasteiger partial charge in [-0.15, -0.1) is 0 Å². The summed E-state index contributed by atoms with van der Waals surface area (Å²) in [7, 11) is -5.08. The molecular formula is C42H58N2O4Si2. The van der Waals surface area contributed by atoms with Gasteiger partial charge in [-0.05, 0) is 43.7 Å². The number of nitrogens with two attached hydrogens (primary N) is 2. The standard InChI is InChI=1S/C21H30N2OSi.C21H28O3Si/c2*1-21(2,3)25(17-10-6-4-7-11-17,18-12-8-5-9-13-18)24-16-14-19(22)20(23)15-16/h4-13,16,19-20H,14-15,22-23H2,1-3H3;4-13,16,19-20,22-23H,14-15H2,1-3H3. The normalized spacial score (nSPS) is 24.4. The molecule has 0 radical (unpaired) electrons. The van der Waals surface area contributed by atoms with E-state index in [9.17, 15) is 10.2 Å². The Kier molecular flexibility index (Phi) is 12.1. The van der Waals surface area contributed by atoms with E-state index in [0.717, 1.165) is 12.8 Å². The predicted octanol–water partition coefficient (Wildman–Crippen LogP) is 4.83. The van der Waals surface area contributed by atoms with E-state index in [0.29, 0.717) is 12.8 Å². The first-order valence-electron chi connectivity index (χ1n) is 18.1. The molecule has 4 aromatic carbocycles. The van der Waals surface area contributed by atoms with E-state index in [-0.39, 0.29) is 34.4 Å². The van der Waals surface area contributed by atoms with Crippen LogP contribution >= 0.6 is 0 Å². The number of aliphatic hydroxyl groups is 2. The molecule has 2 fully saturated rings. The van der Waals surface area contributed by atoms with Crippen molar-refractivity contribution in [2.75, 3.05) is 0 Å². The Hall–Kier alpha value is -2.93. The molecule has 0 spiro atoms. The van der Waals surface area contributed by atoms with Gasteiger partial charge in [0.05, 0.1) is 18.3 Å². The maximum Gasteiger partial charge on any atom is 0.261 e. The maximum absolute atomic E-state index is 9.99. The average molecular weight is 711 g/mol. The highest BCUT2D eigenvalue weighted by Crippen LogP contribution is 2.41. The van der Waals surface area contributed by atoms with Crippen molar-refractivity contribution >= 4 is 37.4 Å².